The minimum atomic E-state index is -0.129. The van der Waals surface area contributed by atoms with E-state index in [0.717, 1.165) is 11.5 Å². The van der Waals surface area contributed by atoms with Gasteiger partial charge in [0.1, 0.15) is 0 Å². The molecule has 78 valence electrons. The summed E-state index contributed by atoms with van der Waals surface area (Å²) in [4.78, 5) is 11.1. The summed E-state index contributed by atoms with van der Waals surface area (Å²) in [7, 11) is 0. The standard InChI is InChI=1S/C12H12O2S/c13-12-11(6-7-14-12)9-15-8-10-4-2-1-3-5-10/h1-7,11H,8-9H2/t11-/m0/s1. The number of thioether (sulfide) groups is 1. The summed E-state index contributed by atoms with van der Waals surface area (Å²) in [6.45, 7) is 0. The zero-order valence-corrected chi connectivity index (χ0v) is 9.07. The fourth-order valence-electron chi connectivity index (χ4n) is 1.37. The van der Waals surface area contributed by atoms with Crippen LogP contribution in [0.3, 0.4) is 0 Å². The number of ether oxygens (including phenoxy) is 1. The molecular weight excluding hydrogens is 208 g/mol. The van der Waals surface area contributed by atoms with Crippen molar-refractivity contribution in [2.24, 2.45) is 5.92 Å². The second kappa shape index (κ2) is 5.03. The number of hydrogen-bond donors (Lipinski definition) is 0. The van der Waals surface area contributed by atoms with Crippen LogP contribution < -0.4 is 0 Å². The lowest BCUT2D eigenvalue weighted by Crippen LogP contribution is -2.10. The lowest BCUT2D eigenvalue weighted by atomic mass is 10.2. The van der Waals surface area contributed by atoms with Crippen molar-refractivity contribution in [2.45, 2.75) is 5.75 Å². The average Bonchev–Trinajstić information content (AvgIpc) is 2.66. The fraction of sp³-hybridized carbons (Fsp3) is 0.250. The molecule has 0 N–H and O–H groups in total. The van der Waals surface area contributed by atoms with Crippen LogP contribution in [0.2, 0.25) is 0 Å². The molecule has 1 atom stereocenters. The van der Waals surface area contributed by atoms with Crippen LogP contribution in [0.4, 0.5) is 0 Å². The zero-order chi connectivity index (χ0) is 10.5. The molecule has 1 aliphatic heterocycles. The first-order chi connectivity index (χ1) is 7.36. The summed E-state index contributed by atoms with van der Waals surface area (Å²) in [5.41, 5.74) is 1.29. The predicted molar refractivity (Wildman–Crippen MR) is 61.3 cm³/mol. The summed E-state index contributed by atoms with van der Waals surface area (Å²) < 4.78 is 4.74. The maximum Gasteiger partial charge on any atom is 0.318 e. The van der Waals surface area contributed by atoms with Gasteiger partial charge in [-0.15, -0.1) is 0 Å². The number of esters is 1. The van der Waals surface area contributed by atoms with Crippen molar-refractivity contribution in [3.05, 3.63) is 48.2 Å². The van der Waals surface area contributed by atoms with Crippen molar-refractivity contribution < 1.29 is 9.53 Å². The molecule has 0 spiro atoms. The molecule has 0 radical (unpaired) electrons. The van der Waals surface area contributed by atoms with Crippen LogP contribution in [-0.2, 0) is 15.3 Å². The summed E-state index contributed by atoms with van der Waals surface area (Å²) in [6.07, 6.45) is 3.30. The maximum atomic E-state index is 11.1. The Morgan fingerprint density at radius 1 is 1.27 bits per heavy atom. The van der Waals surface area contributed by atoms with Gasteiger partial charge in [0.15, 0.2) is 0 Å². The van der Waals surface area contributed by atoms with Gasteiger partial charge in [0.2, 0.25) is 0 Å². The second-order valence-corrected chi connectivity index (χ2v) is 4.40. The number of carbonyl (C=O) groups excluding carboxylic acids is 1. The van der Waals surface area contributed by atoms with E-state index in [9.17, 15) is 4.79 Å². The highest BCUT2D eigenvalue weighted by atomic mass is 32.2. The molecule has 3 heteroatoms. The molecule has 0 aliphatic carbocycles. The first-order valence-electron chi connectivity index (χ1n) is 4.85. The maximum absolute atomic E-state index is 11.1. The molecule has 1 aromatic rings. The summed E-state index contributed by atoms with van der Waals surface area (Å²) in [6, 6.07) is 10.2. The molecule has 0 amide bonds. The van der Waals surface area contributed by atoms with Crippen molar-refractivity contribution in [3.63, 3.8) is 0 Å². The average molecular weight is 220 g/mol. The zero-order valence-electron chi connectivity index (χ0n) is 8.26. The van der Waals surface area contributed by atoms with Gasteiger partial charge in [-0.3, -0.25) is 4.79 Å². The molecule has 0 aromatic heterocycles. The number of carbonyl (C=O) groups is 1. The number of rotatable bonds is 4. The smallest absolute Gasteiger partial charge is 0.318 e. The highest BCUT2D eigenvalue weighted by Gasteiger charge is 2.20. The van der Waals surface area contributed by atoms with Crippen molar-refractivity contribution in [1.82, 2.24) is 0 Å². The van der Waals surface area contributed by atoms with Gasteiger partial charge < -0.3 is 4.74 Å². The molecule has 1 heterocycles. The molecule has 0 fully saturated rings. The van der Waals surface area contributed by atoms with Crippen molar-refractivity contribution in [2.75, 3.05) is 5.75 Å². The first-order valence-corrected chi connectivity index (χ1v) is 6.00. The Labute approximate surface area is 93.3 Å². The predicted octanol–water partition coefficient (Wildman–Crippen LogP) is 2.61. The van der Waals surface area contributed by atoms with Gasteiger partial charge >= 0.3 is 5.97 Å². The van der Waals surface area contributed by atoms with Crippen LogP contribution in [0.15, 0.2) is 42.7 Å². The van der Waals surface area contributed by atoms with Crippen LogP contribution in [0.25, 0.3) is 0 Å². The van der Waals surface area contributed by atoms with Gasteiger partial charge in [0, 0.05) is 11.5 Å². The number of hydrogen-bond acceptors (Lipinski definition) is 3. The molecular formula is C12H12O2S. The molecule has 0 unspecified atom stereocenters. The van der Waals surface area contributed by atoms with E-state index in [1.54, 1.807) is 11.8 Å². The first kappa shape index (κ1) is 10.3. The van der Waals surface area contributed by atoms with E-state index in [1.807, 2.05) is 24.3 Å². The Balaban J connectivity index is 1.76. The van der Waals surface area contributed by atoms with Crippen molar-refractivity contribution >= 4 is 17.7 Å². The normalized spacial score (nSPS) is 19.2. The summed E-state index contributed by atoms with van der Waals surface area (Å²) >= 11 is 1.76. The van der Waals surface area contributed by atoms with Gasteiger partial charge in [-0.1, -0.05) is 30.3 Å². The van der Waals surface area contributed by atoms with Crippen LogP contribution in [0.5, 0.6) is 0 Å². The molecule has 1 aliphatic rings. The van der Waals surface area contributed by atoms with Crippen LogP contribution in [-0.4, -0.2) is 11.7 Å². The molecule has 1 aromatic carbocycles. The Morgan fingerprint density at radius 3 is 2.73 bits per heavy atom. The lowest BCUT2D eigenvalue weighted by molar-refractivity contribution is -0.138. The van der Waals surface area contributed by atoms with Gasteiger partial charge in [0.25, 0.3) is 0 Å². The SMILES string of the molecule is O=C1OC=C[C@H]1CSCc1ccccc1. The third-order valence-corrected chi connectivity index (χ3v) is 3.34. The van der Waals surface area contributed by atoms with E-state index in [1.165, 1.54) is 11.8 Å². The van der Waals surface area contributed by atoms with Crippen molar-refractivity contribution in [3.8, 4) is 0 Å². The van der Waals surface area contributed by atoms with E-state index in [4.69, 9.17) is 4.74 Å². The molecule has 15 heavy (non-hydrogen) atoms. The van der Waals surface area contributed by atoms with Crippen LogP contribution in [0, 0.1) is 5.92 Å². The van der Waals surface area contributed by atoms with E-state index in [0.29, 0.717) is 0 Å². The minimum absolute atomic E-state index is 0.0567. The van der Waals surface area contributed by atoms with E-state index in [2.05, 4.69) is 12.1 Å². The number of cyclic esters (lactones) is 1. The van der Waals surface area contributed by atoms with Gasteiger partial charge in [-0.2, -0.15) is 11.8 Å². The van der Waals surface area contributed by atoms with Gasteiger partial charge in [-0.25, -0.2) is 0 Å². The Hall–Kier alpha value is -1.22. The number of benzene rings is 1. The summed E-state index contributed by atoms with van der Waals surface area (Å²) in [5.74, 6) is 1.55. The van der Waals surface area contributed by atoms with E-state index >= 15 is 0 Å². The minimum Gasteiger partial charge on any atom is -0.434 e. The topological polar surface area (TPSA) is 26.3 Å². The fourth-order valence-corrected chi connectivity index (χ4v) is 2.42. The molecule has 2 rings (SSSR count). The van der Waals surface area contributed by atoms with Crippen molar-refractivity contribution in [1.29, 1.82) is 0 Å². The van der Waals surface area contributed by atoms with Crippen LogP contribution in [0.1, 0.15) is 5.56 Å². The Morgan fingerprint density at radius 2 is 2.07 bits per heavy atom. The highest BCUT2D eigenvalue weighted by Crippen LogP contribution is 2.19. The van der Waals surface area contributed by atoms with Gasteiger partial charge in [-0.05, 0) is 11.6 Å². The Bertz CT molecular complexity index is 359. The third kappa shape index (κ3) is 2.86. The van der Waals surface area contributed by atoms with Crippen LogP contribution >= 0.6 is 11.8 Å². The third-order valence-electron chi connectivity index (χ3n) is 2.21. The molecule has 2 nitrogen and oxygen atoms in total. The monoisotopic (exact) mass is 220 g/mol. The van der Waals surface area contributed by atoms with Gasteiger partial charge in [0.05, 0.1) is 12.2 Å². The second-order valence-electron chi connectivity index (χ2n) is 3.37. The highest BCUT2D eigenvalue weighted by molar-refractivity contribution is 7.98. The molecule has 0 saturated carbocycles. The molecule has 0 saturated heterocycles. The van der Waals surface area contributed by atoms with E-state index < -0.39 is 0 Å². The summed E-state index contributed by atoms with van der Waals surface area (Å²) in [5, 5.41) is 0. The van der Waals surface area contributed by atoms with E-state index in [-0.39, 0.29) is 11.9 Å². The quantitative estimate of drug-likeness (QED) is 0.730. The molecule has 0 bridgehead atoms. The largest absolute Gasteiger partial charge is 0.434 e. The Kier molecular flexibility index (Phi) is 3.45. The lowest BCUT2D eigenvalue weighted by Gasteiger charge is -2.04.